The first-order valence-corrected chi connectivity index (χ1v) is 11.0. The molecule has 0 radical (unpaired) electrons. The molecule has 4 unspecified atom stereocenters. The van der Waals surface area contributed by atoms with E-state index in [9.17, 15) is 5.26 Å². The highest BCUT2D eigenvalue weighted by Gasteiger charge is 2.48. The number of aromatic nitrogens is 1. The summed E-state index contributed by atoms with van der Waals surface area (Å²) in [4.78, 5) is 4.93. The maximum Gasteiger partial charge on any atom is 0.184 e. The Morgan fingerprint density at radius 2 is 2.07 bits per heavy atom. The molecule has 3 heterocycles. The fourth-order valence-electron chi connectivity index (χ4n) is 3.74. The van der Waals surface area contributed by atoms with Crippen LogP contribution in [0.4, 0.5) is 0 Å². The summed E-state index contributed by atoms with van der Waals surface area (Å²) >= 11 is 4.87. The van der Waals surface area contributed by atoms with Gasteiger partial charge >= 0.3 is 0 Å². The summed E-state index contributed by atoms with van der Waals surface area (Å²) in [5.74, 6) is 0.0806. The zero-order valence-corrected chi connectivity index (χ0v) is 18.4. The topological polar surface area (TPSA) is 73.6 Å². The van der Waals surface area contributed by atoms with Crippen LogP contribution in [0.25, 0.3) is 0 Å². The molecule has 0 saturated carbocycles. The van der Waals surface area contributed by atoms with E-state index in [-0.39, 0.29) is 29.7 Å². The second kappa shape index (κ2) is 9.13. The second-order valence-electron chi connectivity index (χ2n) is 7.01. The number of methoxy groups -OCH3 is 1. The number of pyridine rings is 1. The van der Waals surface area contributed by atoms with Gasteiger partial charge in [-0.05, 0) is 22.0 Å². The van der Waals surface area contributed by atoms with E-state index in [1.165, 1.54) is 11.8 Å². The van der Waals surface area contributed by atoms with E-state index in [1.54, 1.807) is 13.3 Å². The van der Waals surface area contributed by atoms with Crippen LogP contribution in [0.1, 0.15) is 24.5 Å². The molecule has 29 heavy (non-hydrogen) atoms. The maximum absolute atomic E-state index is 9.39. The van der Waals surface area contributed by atoms with Gasteiger partial charge in [-0.15, -0.1) is 0 Å². The molecule has 2 saturated heterocycles. The molecule has 4 rings (SSSR count). The van der Waals surface area contributed by atoms with Gasteiger partial charge in [0.1, 0.15) is 17.6 Å². The fraction of sp³-hybridized carbons (Fsp3) is 0.429. The lowest BCUT2D eigenvalue weighted by Crippen LogP contribution is -2.57. The van der Waals surface area contributed by atoms with Gasteiger partial charge in [-0.2, -0.15) is 5.26 Å². The minimum absolute atomic E-state index is 0.0806. The number of thioether (sulfide) groups is 1. The minimum atomic E-state index is -0.412. The minimum Gasteiger partial charge on any atom is -0.377 e. The summed E-state index contributed by atoms with van der Waals surface area (Å²) in [5.41, 5.74) is 1.05. The van der Waals surface area contributed by atoms with Gasteiger partial charge in [0.25, 0.3) is 0 Å². The van der Waals surface area contributed by atoms with Crippen LogP contribution in [0, 0.1) is 17.2 Å². The number of hydrogen-bond acceptors (Lipinski definition) is 7. The van der Waals surface area contributed by atoms with E-state index in [1.807, 2.05) is 36.4 Å². The smallest absolute Gasteiger partial charge is 0.184 e. The van der Waals surface area contributed by atoms with E-state index in [0.29, 0.717) is 12.3 Å². The van der Waals surface area contributed by atoms with Crippen molar-refractivity contribution in [3.05, 3.63) is 58.3 Å². The van der Waals surface area contributed by atoms with Crippen LogP contribution in [0.2, 0.25) is 0 Å². The summed E-state index contributed by atoms with van der Waals surface area (Å²) in [6.07, 6.45) is 0.640. The third-order valence-corrected chi connectivity index (χ3v) is 6.80. The van der Waals surface area contributed by atoms with Crippen LogP contribution in [-0.2, 0) is 18.9 Å². The van der Waals surface area contributed by atoms with Crippen molar-refractivity contribution in [1.82, 2.24) is 4.98 Å². The Bertz CT molecular complexity index is 894. The summed E-state index contributed by atoms with van der Waals surface area (Å²) < 4.78 is 25.2. The van der Waals surface area contributed by atoms with E-state index >= 15 is 0 Å². The quantitative estimate of drug-likeness (QED) is 0.650. The first-order valence-electron chi connectivity index (χ1n) is 9.33. The normalized spacial score (nSPS) is 31.7. The van der Waals surface area contributed by atoms with Crippen molar-refractivity contribution in [2.24, 2.45) is 5.92 Å². The molecule has 2 fully saturated rings. The Labute approximate surface area is 182 Å². The van der Waals surface area contributed by atoms with Gasteiger partial charge in [-0.1, -0.05) is 49.0 Å². The average molecular weight is 477 g/mol. The third kappa shape index (κ3) is 4.36. The zero-order valence-electron chi connectivity index (χ0n) is 16.0. The molecule has 152 valence electrons. The number of fused-ring (bicyclic) bond motifs is 1. The molecule has 0 bridgehead atoms. The van der Waals surface area contributed by atoms with Crippen molar-refractivity contribution in [1.29, 1.82) is 5.26 Å². The van der Waals surface area contributed by atoms with Crippen LogP contribution < -0.4 is 0 Å². The van der Waals surface area contributed by atoms with Crippen molar-refractivity contribution < 1.29 is 18.9 Å². The van der Waals surface area contributed by atoms with Gasteiger partial charge in [0, 0.05) is 34.2 Å². The van der Waals surface area contributed by atoms with Crippen molar-refractivity contribution in [2.45, 2.75) is 41.9 Å². The molecule has 2 aromatic rings. The summed E-state index contributed by atoms with van der Waals surface area (Å²) in [6, 6.07) is 13.9. The first-order chi connectivity index (χ1) is 14.1. The first kappa shape index (κ1) is 20.8. The Morgan fingerprint density at radius 1 is 1.28 bits per heavy atom. The maximum atomic E-state index is 9.39. The molecular formula is C21H21BrN2O4S. The van der Waals surface area contributed by atoms with Crippen LogP contribution in [0.15, 0.2) is 52.0 Å². The predicted octanol–water partition coefficient (Wildman–Crippen LogP) is 4.30. The Hall–Kier alpha value is -1.47. The third-order valence-electron chi connectivity index (χ3n) is 5.18. The van der Waals surface area contributed by atoms with Gasteiger partial charge in [-0.25, -0.2) is 4.98 Å². The molecule has 6 atom stereocenters. The molecule has 2 aliphatic rings. The molecule has 1 aromatic heterocycles. The lowest BCUT2D eigenvalue weighted by atomic mass is 9.90. The highest BCUT2D eigenvalue weighted by molar-refractivity contribution is 9.10. The number of hydrogen-bond donors (Lipinski definition) is 0. The molecule has 1 aromatic carbocycles. The van der Waals surface area contributed by atoms with Crippen LogP contribution in [0.5, 0.6) is 0 Å². The van der Waals surface area contributed by atoms with E-state index in [0.717, 1.165) is 14.9 Å². The number of halogens is 1. The van der Waals surface area contributed by atoms with Gasteiger partial charge in [0.15, 0.2) is 12.0 Å². The largest absolute Gasteiger partial charge is 0.377 e. The van der Waals surface area contributed by atoms with Crippen molar-refractivity contribution in [3.63, 3.8) is 0 Å². The molecule has 0 aliphatic carbocycles. The van der Waals surface area contributed by atoms with Crippen molar-refractivity contribution in [2.75, 3.05) is 13.7 Å². The van der Waals surface area contributed by atoms with Crippen molar-refractivity contribution in [3.8, 4) is 6.07 Å². The highest BCUT2D eigenvalue weighted by Crippen LogP contribution is 2.42. The van der Waals surface area contributed by atoms with Gasteiger partial charge in [0.2, 0.25) is 0 Å². The summed E-state index contributed by atoms with van der Waals surface area (Å²) in [5, 5.41) is 9.39. The molecular weight excluding hydrogens is 456 g/mol. The molecule has 0 spiro atoms. The molecule has 6 nitrogen and oxygen atoms in total. The number of nitrogens with zero attached hydrogens (tertiary/aromatic N) is 2. The van der Waals surface area contributed by atoms with Crippen LogP contribution in [0.3, 0.4) is 0 Å². The Balaban J connectivity index is 1.53. The Kier molecular flexibility index (Phi) is 6.54. The number of benzene rings is 1. The van der Waals surface area contributed by atoms with Gasteiger partial charge in [0.05, 0.1) is 18.8 Å². The van der Waals surface area contributed by atoms with Crippen LogP contribution >= 0.6 is 27.7 Å². The Morgan fingerprint density at radius 3 is 2.79 bits per heavy atom. The van der Waals surface area contributed by atoms with Gasteiger partial charge < -0.3 is 18.9 Å². The summed E-state index contributed by atoms with van der Waals surface area (Å²) in [6.45, 7) is 2.55. The number of nitriles is 1. The molecule has 8 heteroatoms. The average Bonchev–Trinajstić information content (AvgIpc) is 2.75. The lowest BCUT2D eigenvalue weighted by Gasteiger charge is -2.48. The standard InChI is InChI=1S/C21H21BrN2O4S/c1-12-18-16(11-26-20(28-18)13-6-4-3-5-7-13)27-21(19(12)25-2)29-17-8-14(22)10-24-15(17)9-23/h3-8,10,12,16,18-21H,11H2,1-2H3/t12?,16?,18-,19?,20?,21-/m1/s1. The highest BCUT2D eigenvalue weighted by atomic mass is 79.9. The van der Waals surface area contributed by atoms with Gasteiger partial charge in [-0.3, -0.25) is 0 Å². The SMILES string of the molecule is COC1C(C)[C@H]2OC(c3ccccc3)OCC2O[C@@H]1Sc1cc(Br)cnc1C#N. The monoisotopic (exact) mass is 476 g/mol. The summed E-state index contributed by atoms with van der Waals surface area (Å²) in [7, 11) is 1.68. The second-order valence-corrected chi connectivity index (χ2v) is 9.06. The predicted molar refractivity (Wildman–Crippen MR) is 111 cm³/mol. The molecule has 0 amide bonds. The number of rotatable bonds is 4. The van der Waals surface area contributed by atoms with Crippen molar-refractivity contribution >= 4 is 27.7 Å². The number of ether oxygens (including phenoxy) is 4. The van der Waals surface area contributed by atoms with E-state index in [2.05, 4.69) is 33.9 Å². The fourth-order valence-corrected chi connectivity index (χ4v) is 5.57. The van der Waals surface area contributed by atoms with E-state index < -0.39 is 6.29 Å². The van der Waals surface area contributed by atoms with Crippen LogP contribution in [-0.4, -0.2) is 42.4 Å². The lowest BCUT2D eigenvalue weighted by molar-refractivity contribution is -0.309. The molecule has 0 N–H and O–H groups in total. The zero-order chi connectivity index (χ0) is 20.4. The molecule has 2 aliphatic heterocycles. The van der Waals surface area contributed by atoms with E-state index in [4.69, 9.17) is 18.9 Å².